The standard InChI is InChI=1S/C35H40Cl2N8O4/c1-25(26(2)46)45-24-43(23-40-45)30-6-4-28(5-7-30)41-13-15-42(16-14-41)29-8-10-31(11-9-29)47-18-32-19-48-35(49-32,20-44-22-38-21-39-44)33-12-3-27(36)17-34(33)37/h3-12,17,21-23,25-26,32,46H,13-16,18-20,24H2,1-2H3/t25-,26-,32-,35-/m0/s1. The lowest BCUT2D eigenvalue weighted by molar-refractivity contribution is -0.190. The molecule has 2 saturated heterocycles. The van der Waals surface area contributed by atoms with Crippen molar-refractivity contribution in [3.63, 3.8) is 0 Å². The highest BCUT2D eigenvalue weighted by atomic mass is 35.5. The van der Waals surface area contributed by atoms with Gasteiger partial charge in [-0.25, -0.2) is 9.67 Å². The molecule has 14 heteroatoms. The Morgan fingerprint density at radius 1 is 0.939 bits per heavy atom. The van der Waals surface area contributed by atoms with Crippen molar-refractivity contribution in [1.29, 1.82) is 0 Å². The highest BCUT2D eigenvalue weighted by Gasteiger charge is 2.45. The van der Waals surface area contributed by atoms with Crippen LogP contribution in [0.1, 0.15) is 19.4 Å². The van der Waals surface area contributed by atoms with E-state index in [1.807, 2.05) is 36.5 Å². The van der Waals surface area contributed by atoms with E-state index in [0.717, 1.165) is 43.3 Å². The zero-order valence-corrected chi connectivity index (χ0v) is 29.0. The van der Waals surface area contributed by atoms with Gasteiger partial charge in [0.1, 0.15) is 50.7 Å². The van der Waals surface area contributed by atoms with Gasteiger partial charge in [0.05, 0.1) is 23.8 Å². The van der Waals surface area contributed by atoms with E-state index in [0.29, 0.717) is 35.5 Å². The molecule has 0 radical (unpaired) electrons. The first-order valence-corrected chi connectivity index (χ1v) is 17.2. The fourth-order valence-electron chi connectivity index (χ4n) is 6.29. The minimum absolute atomic E-state index is 0.0397. The number of aliphatic hydroxyl groups excluding tert-OH is 1. The summed E-state index contributed by atoms with van der Waals surface area (Å²) in [5, 5.41) is 21.5. The van der Waals surface area contributed by atoms with E-state index in [-0.39, 0.29) is 18.7 Å². The second-order valence-electron chi connectivity index (χ2n) is 12.6. The van der Waals surface area contributed by atoms with Gasteiger partial charge in [-0.05, 0) is 74.5 Å². The molecule has 3 aliphatic rings. The largest absolute Gasteiger partial charge is 0.491 e. The molecule has 49 heavy (non-hydrogen) atoms. The smallest absolute Gasteiger partial charge is 0.217 e. The molecule has 2 fully saturated rings. The third kappa shape index (κ3) is 7.43. The summed E-state index contributed by atoms with van der Waals surface area (Å²) in [6.07, 6.45) is 4.14. The number of benzene rings is 3. The Bertz CT molecular complexity index is 1720. The second-order valence-corrected chi connectivity index (χ2v) is 13.4. The van der Waals surface area contributed by atoms with Crippen LogP contribution < -0.4 is 19.4 Å². The van der Waals surface area contributed by atoms with Crippen molar-refractivity contribution >= 4 is 46.6 Å². The van der Waals surface area contributed by atoms with Crippen LogP contribution in [0.25, 0.3) is 0 Å². The van der Waals surface area contributed by atoms with Gasteiger partial charge in [0.15, 0.2) is 0 Å². The van der Waals surface area contributed by atoms with E-state index >= 15 is 0 Å². The second kappa shape index (κ2) is 14.4. The fourth-order valence-corrected chi connectivity index (χ4v) is 6.84. The average molecular weight is 708 g/mol. The van der Waals surface area contributed by atoms with Gasteiger partial charge in [0.2, 0.25) is 5.79 Å². The first-order valence-electron chi connectivity index (χ1n) is 16.4. The lowest BCUT2D eigenvalue weighted by Crippen LogP contribution is -2.46. The highest BCUT2D eigenvalue weighted by Crippen LogP contribution is 2.40. The van der Waals surface area contributed by atoms with Crippen LogP contribution in [-0.4, -0.2) is 95.5 Å². The summed E-state index contributed by atoms with van der Waals surface area (Å²) in [6, 6.07) is 22.0. The molecular formula is C35H40Cl2N8O4. The van der Waals surface area contributed by atoms with E-state index in [2.05, 4.69) is 66.3 Å². The number of piperazine rings is 1. The van der Waals surface area contributed by atoms with Crippen molar-refractivity contribution in [3.05, 3.63) is 95.0 Å². The maximum Gasteiger partial charge on any atom is 0.217 e. The number of hydrazone groups is 1. The Balaban J connectivity index is 0.901. The summed E-state index contributed by atoms with van der Waals surface area (Å²) in [5.74, 6) is -0.392. The molecule has 0 bridgehead atoms. The Labute approximate surface area is 296 Å². The van der Waals surface area contributed by atoms with Crippen LogP contribution in [0.2, 0.25) is 10.0 Å². The minimum atomic E-state index is -1.15. The van der Waals surface area contributed by atoms with Crippen molar-refractivity contribution in [1.82, 2.24) is 19.8 Å². The third-order valence-electron chi connectivity index (χ3n) is 9.31. The molecule has 12 nitrogen and oxygen atoms in total. The molecular weight excluding hydrogens is 667 g/mol. The molecule has 3 aliphatic heterocycles. The predicted molar refractivity (Wildman–Crippen MR) is 191 cm³/mol. The van der Waals surface area contributed by atoms with E-state index in [1.165, 1.54) is 12.0 Å². The van der Waals surface area contributed by atoms with Crippen molar-refractivity contribution < 1.29 is 19.3 Å². The van der Waals surface area contributed by atoms with E-state index in [1.54, 1.807) is 30.1 Å². The highest BCUT2D eigenvalue weighted by molar-refractivity contribution is 6.35. The number of hydrogen-bond donors (Lipinski definition) is 1. The number of nitrogens with zero attached hydrogens (tertiary/aromatic N) is 8. The number of rotatable bonds is 11. The van der Waals surface area contributed by atoms with Gasteiger partial charge in [-0.3, -0.25) is 5.01 Å². The van der Waals surface area contributed by atoms with Crippen LogP contribution >= 0.6 is 23.2 Å². The summed E-state index contributed by atoms with van der Waals surface area (Å²) in [6.45, 7) is 9.00. The molecule has 0 unspecified atom stereocenters. The average Bonchev–Trinajstić information content (AvgIpc) is 3.90. The number of aliphatic hydroxyl groups is 1. The van der Waals surface area contributed by atoms with Gasteiger partial charge in [0, 0.05) is 53.8 Å². The molecule has 0 amide bonds. The molecule has 0 spiro atoms. The van der Waals surface area contributed by atoms with Crippen LogP contribution in [0.4, 0.5) is 17.1 Å². The molecule has 4 atom stereocenters. The van der Waals surface area contributed by atoms with Gasteiger partial charge in [-0.2, -0.15) is 10.2 Å². The Hall–Kier alpha value is -4.07. The van der Waals surface area contributed by atoms with Gasteiger partial charge >= 0.3 is 0 Å². The molecule has 0 saturated carbocycles. The fraction of sp³-hybridized carbons (Fsp3) is 0.400. The van der Waals surface area contributed by atoms with Gasteiger partial charge in [-0.15, -0.1) is 0 Å². The lowest BCUT2D eigenvalue weighted by atomic mass is 10.1. The Morgan fingerprint density at radius 2 is 1.61 bits per heavy atom. The Kier molecular flexibility index (Phi) is 9.84. The summed E-state index contributed by atoms with van der Waals surface area (Å²) in [4.78, 5) is 11.0. The lowest BCUT2D eigenvalue weighted by Gasteiger charge is -2.37. The SMILES string of the molecule is C[C@H](O)[C@H](C)N1CN(c2ccc(N3CCN(c4ccc(OC[C@H]5CO[C@](Cn6cncn6)(c6ccc(Cl)cc6Cl)O5)cc4)CC3)cc2)C=N1. The first-order chi connectivity index (χ1) is 23.8. The summed E-state index contributed by atoms with van der Waals surface area (Å²) >= 11 is 12.7. The van der Waals surface area contributed by atoms with Crippen molar-refractivity contribution in [2.45, 2.75) is 44.4 Å². The van der Waals surface area contributed by atoms with E-state index in [9.17, 15) is 5.11 Å². The number of hydrogen-bond acceptors (Lipinski definition) is 11. The molecule has 258 valence electrons. The summed E-state index contributed by atoms with van der Waals surface area (Å²) in [5.41, 5.74) is 4.12. The van der Waals surface area contributed by atoms with Crippen molar-refractivity contribution in [3.8, 4) is 5.75 Å². The molecule has 3 aromatic carbocycles. The summed E-state index contributed by atoms with van der Waals surface area (Å²) in [7, 11) is 0. The molecule has 4 aromatic rings. The Morgan fingerprint density at radius 3 is 2.24 bits per heavy atom. The van der Waals surface area contributed by atoms with Gasteiger partial charge in [0.25, 0.3) is 0 Å². The van der Waals surface area contributed by atoms with Crippen LogP contribution in [0.15, 0.2) is 84.5 Å². The zero-order chi connectivity index (χ0) is 34.0. The van der Waals surface area contributed by atoms with Crippen LogP contribution in [0.5, 0.6) is 5.75 Å². The number of anilines is 3. The van der Waals surface area contributed by atoms with E-state index < -0.39 is 11.9 Å². The van der Waals surface area contributed by atoms with Crippen molar-refractivity contribution in [2.24, 2.45) is 5.10 Å². The van der Waals surface area contributed by atoms with Crippen LogP contribution in [-0.2, 0) is 21.8 Å². The zero-order valence-electron chi connectivity index (χ0n) is 27.5. The van der Waals surface area contributed by atoms with Gasteiger partial charge in [-0.1, -0.05) is 29.3 Å². The topological polar surface area (TPSA) is 104 Å². The maximum atomic E-state index is 9.90. The van der Waals surface area contributed by atoms with Gasteiger partial charge < -0.3 is 34.0 Å². The molecule has 0 aliphatic carbocycles. The van der Waals surface area contributed by atoms with Crippen LogP contribution in [0, 0.1) is 0 Å². The monoisotopic (exact) mass is 706 g/mol. The normalized spacial score (nSPS) is 22.2. The first kappa shape index (κ1) is 33.4. The van der Waals surface area contributed by atoms with Crippen LogP contribution in [0.3, 0.4) is 0 Å². The molecule has 1 aromatic heterocycles. The third-order valence-corrected chi connectivity index (χ3v) is 9.85. The quantitative estimate of drug-likeness (QED) is 0.228. The molecule has 1 N–H and O–H groups in total. The van der Waals surface area contributed by atoms with Crippen molar-refractivity contribution in [2.75, 3.05) is 60.8 Å². The number of ether oxygens (including phenoxy) is 3. The number of aromatic nitrogens is 3. The molecule has 4 heterocycles. The summed E-state index contributed by atoms with van der Waals surface area (Å²) < 4.78 is 20.5. The maximum absolute atomic E-state index is 9.90. The predicted octanol–water partition coefficient (Wildman–Crippen LogP) is 5.05. The minimum Gasteiger partial charge on any atom is -0.491 e. The molecule has 7 rings (SSSR count). The number of halogens is 2. The van der Waals surface area contributed by atoms with E-state index in [4.69, 9.17) is 37.4 Å².